The van der Waals surface area contributed by atoms with E-state index in [4.69, 9.17) is 5.11 Å². The normalized spacial score (nSPS) is 12.5. The fraction of sp³-hybridized carbons (Fsp3) is 0.846. The first kappa shape index (κ1) is 15.9. The van der Waals surface area contributed by atoms with Crippen LogP contribution < -0.4 is 5.32 Å². The fourth-order valence-corrected chi connectivity index (χ4v) is 1.81. The van der Waals surface area contributed by atoms with Gasteiger partial charge in [-0.25, -0.2) is 0 Å². The maximum absolute atomic E-state index is 11.6. The topological polar surface area (TPSA) is 66.4 Å². The molecule has 4 nitrogen and oxygen atoms in total. The molecule has 0 aromatic heterocycles. The molecular weight excluding hydrogens is 218 g/mol. The standard InChI is InChI=1S/C13H25NO3/c1-4-7-11(13(16)17)9-14-12(15)8-10(5-2)6-3/h10-11H,4-9H2,1-3H3,(H,14,15)(H,16,17). The number of hydrogen-bond acceptors (Lipinski definition) is 2. The van der Waals surface area contributed by atoms with Crippen LogP contribution >= 0.6 is 0 Å². The molecule has 0 aromatic rings. The van der Waals surface area contributed by atoms with Gasteiger partial charge in [-0.15, -0.1) is 0 Å². The summed E-state index contributed by atoms with van der Waals surface area (Å²) in [5, 5.41) is 11.7. The Hall–Kier alpha value is -1.06. The molecule has 0 saturated carbocycles. The Balaban J connectivity index is 3.99. The highest BCUT2D eigenvalue weighted by Crippen LogP contribution is 2.12. The molecular formula is C13H25NO3. The minimum Gasteiger partial charge on any atom is -0.481 e. The third kappa shape index (κ3) is 6.97. The van der Waals surface area contributed by atoms with Gasteiger partial charge >= 0.3 is 5.97 Å². The van der Waals surface area contributed by atoms with Crippen molar-refractivity contribution in [1.82, 2.24) is 5.32 Å². The Morgan fingerprint density at radius 3 is 2.18 bits per heavy atom. The quantitative estimate of drug-likeness (QED) is 0.653. The summed E-state index contributed by atoms with van der Waals surface area (Å²) in [6.45, 7) is 6.33. The highest BCUT2D eigenvalue weighted by Gasteiger charge is 2.18. The van der Waals surface area contributed by atoms with Crippen molar-refractivity contribution in [3.05, 3.63) is 0 Å². The average molecular weight is 243 g/mol. The van der Waals surface area contributed by atoms with Crippen molar-refractivity contribution in [3.8, 4) is 0 Å². The number of amides is 1. The molecule has 0 fully saturated rings. The second kappa shape index (κ2) is 9.02. The van der Waals surface area contributed by atoms with Crippen LogP contribution in [0.25, 0.3) is 0 Å². The van der Waals surface area contributed by atoms with Crippen LogP contribution in [0.3, 0.4) is 0 Å². The van der Waals surface area contributed by atoms with Crippen molar-refractivity contribution in [1.29, 1.82) is 0 Å². The molecule has 17 heavy (non-hydrogen) atoms. The molecule has 2 N–H and O–H groups in total. The van der Waals surface area contributed by atoms with Crippen molar-refractivity contribution in [2.45, 2.75) is 52.9 Å². The summed E-state index contributed by atoms with van der Waals surface area (Å²) in [7, 11) is 0. The van der Waals surface area contributed by atoms with Crippen molar-refractivity contribution in [2.75, 3.05) is 6.54 Å². The van der Waals surface area contributed by atoms with Gasteiger partial charge in [-0.3, -0.25) is 9.59 Å². The molecule has 0 aliphatic carbocycles. The lowest BCUT2D eigenvalue weighted by atomic mass is 9.98. The van der Waals surface area contributed by atoms with E-state index < -0.39 is 11.9 Å². The first-order valence-electron chi connectivity index (χ1n) is 6.54. The van der Waals surface area contributed by atoms with Crippen molar-refractivity contribution in [2.24, 2.45) is 11.8 Å². The van der Waals surface area contributed by atoms with Crippen LogP contribution in [0.15, 0.2) is 0 Å². The molecule has 4 heteroatoms. The summed E-state index contributed by atoms with van der Waals surface area (Å²) >= 11 is 0. The molecule has 0 aliphatic rings. The van der Waals surface area contributed by atoms with Gasteiger partial charge in [0, 0.05) is 13.0 Å². The van der Waals surface area contributed by atoms with E-state index in [1.54, 1.807) is 0 Å². The third-order valence-corrected chi connectivity index (χ3v) is 3.16. The van der Waals surface area contributed by atoms with Crippen LogP contribution in [0.5, 0.6) is 0 Å². The highest BCUT2D eigenvalue weighted by atomic mass is 16.4. The molecule has 0 aromatic carbocycles. The maximum atomic E-state index is 11.6. The van der Waals surface area contributed by atoms with E-state index in [-0.39, 0.29) is 12.5 Å². The summed E-state index contributed by atoms with van der Waals surface area (Å²) < 4.78 is 0. The summed E-state index contributed by atoms with van der Waals surface area (Å²) in [5.74, 6) is -0.897. The Kier molecular flexibility index (Phi) is 8.46. The van der Waals surface area contributed by atoms with Gasteiger partial charge in [0.2, 0.25) is 5.91 Å². The number of rotatable bonds is 9. The van der Waals surface area contributed by atoms with E-state index in [1.807, 2.05) is 6.92 Å². The van der Waals surface area contributed by atoms with E-state index in [2.05, 4.69) is 19.2 Å². The van der Waals surface area contributed by atoms with Crippen LogP contribution in [-0.2, 0) is 9.59 Å². The molecule has 0 spiro atoms. The van der Waals surface area contributed by atoms with E-state index in [0.29, 0.717) is 18.8 Å². The molecule has 100 valence electrons. The zero-order chi connectivity index (χ0) is 13.3. The van der Waals surface area contributed by atoms with Crippen molar-refractivity contribution in [3.63, 3.8) is 0 Å². The SMILES string of the molecule is CCCC(CNC(=O)CC(CC)CC)C(=O)O. The molecule has 0 rings (SSSR count). The molecule has 0 heterocycles. The van der Waals surface area contributed by atoms with Crippen LogP contribution in [0, 0.1) is 11.8 Å². The predicted octanol–water partition coefficient (Wildman–Crippen LogP) is 2.43. The molecule has 0 aliphatic heterocycles. The van der Waals surface area contributed by atoms with Gasteiger partial charge in [0.15, 0.2) is 0 Å². The van der Waals surface area contributed by atoms with E-state index in [1.165, 1.54) is 0 Å². The summed E-state index contributed by atoms with van der Waals surface area (Å²) in [6.07, 6.45) is 3.91. The lowest BCUT2D eigenvalue weighted by Gasteiger charge is -2.15. The molecule has 0 radical (unpaired) electrons. The van der Waals surface area contributed by atoms with E-state index >= 15 is 0 Å². The lowest BCUT2D eigenvalue weighted by molar-refractivity contribution is -0.141. The molecule has 1 unspecified atom stereocenters. The Morgan fingerprint density at radius 2 is 1.76 bits per heavy atom. The van der Waals surface area contributed by atoms with E-state index in [0.717, 1.165) is 19.3 Å². The molecule has 1 amide bonds. The second-order valence-electron chi connectivity index (χ2n) is 4.51. The van der Waals surface area contributed by atoms with Crippen LogP contribution in [0.2, 0.25) is 0 Å². The first-order chi connectivity index (χ1) is 8.04. The summed E-state index contributed by atoms with van der Waals surface area (Å²) in [5.41, 5.74) is 0. The lowest BCUT2D eigenvalue weighted by Crippen LogP contribution is -2.33. The maximum Gasteiger partial charge on any atom is 0.308 e. The van der Waals surface area contributed by atoms with Gasteiger partial charge in [0.25, 0.3) is 0 Å². The van der Waals surface area contributed by atoms with Crippen LogP contribution in [-0.4, -0.2) is 23.5 Å². The number of nitrogens with one attached hydrogen (secondary N) is 1. The van der Waals surface area contributed by atoms with Crippen molar-refractivity contribution < 1.29 is 14.7 Å². The summed E-state index contributed by atoms with van der Waals surface area (Å²) in [4.78, 5) is 22.5. The zero-order valence-electron chi connectivity index (χ0n) is 11.2. The number of hydrogen-bond donors (Lipinski definition) is 2. The van der Waals surface area contributed by atoms with E-state index in [9.17, 15) is 9.59 Å². The smallest absolute Gasteiger partial charge is 0.308 e. The molecule has 0 bridgehead atoms. The predicted molar refractivity (Wildman–Crippen MR) is 67.7 cm³/mol. The van der Waals surface area contributed by atoms with Crippen LogP contribution in [0.4, 0.5) is 0 Å². The number of carboxylic acid groups (broad SMARTS) is 1. The Bertz CT molecular complexity index is 237. The molecule has 0 saturated heterocycles. The van der Waals surface area contributed by atoms with Gasteiger partial charge < -0.3 is 10.4 Å². The number of aliphatic carboxylic acids is 1. The van der Waals surface area contributed by atoms with Crippen molar-refractivity contribution >= 4 is 11.9 Å². The van der Waals surface area contributed by atoms with Gasteiger partial charge in [-0.2, -0.15) is 0 Å². The van der Waals surface area contributed by atoms with Gasteiger partial charge in [0.1, 0.15) is 0 Å². The van der Waals surface area contributed by atoms with Crippen LogP contribution in [0.1, 0.15) is 52.9 Å². The minimum atomic E-state index is -0.824. The highest BCUT2D eigenvalue weighted by molar-refractivity contribution is 5.77. The largest absolute Gasteiger partial charge is 0.481 e. The molecule has 1 atom stereocenters. The first-order valence-corrected chi connectivity index (χ1v) is 6.54. The van der Waals surface area contributed by atoms with Gasteiger partial charge in [0.05, 0.1) is 5.92 Å². The Morgan fingerprint density at radius 1 is 1.18 bits per heavy atom. The fourth-order valence-electron chi connectivity index (χ4n) is 1.81. The second-order valence-corrected chi connectivity index (χ2v) is 4.51. The van der Waals surface area contributed by atoms with Gasteiger partial charge in [-0.05, 0) is 12.3 Å². The van der Waals surface area contributed by atoms with Gasteiger partial charge in [-0.1, -0.05) is 40.0 Å². The average Bonchev–Trinajstić information content (AvgIpc) is 2.30. The minimum absolute atomic E-state index is 0.0268. The number of carbonyl (C=O) groups excluding carboxylic acids is 1. The number of carbonyl (C=O) groups is 2. The number of carboxylic acids is 1. The summed E-state index contributed by atoms with van der Waals surface area (Å²) in [6, 6.07) is 0. The third-order valence-electron chi connectivity index (χ3n) is 3.16. The monoisotopic (exact) mass is 243 g/mol. The zero-order valence-corrected chi connectivity index (χ0v) is 11.2. The Labute approximate surface area is 104 Å².